The van der Waals surface area contributed by atoms with Crippen LogP contribution in [0.15, 0.2) is 0 Å². The van der Waals surface area contributed by atoms with E-state index in [1.54, 1.807) is 13.8 Å². The first-order valence-corrected chi connectivity index (χ1v) is 4.49. The van der Waals surface area contributed by atoms with E-state index in [1.165, 1.54) is 0 Å². The average molecular weight is 204 g/mol. The number of thiocarbonyl (C=S) groups is 1. The summed E-state index contributed by atoms with van der Waals surface area (Å²) in [7, 11) is 0. The fourth-order valence-corrected chi connectivity index (χ4v) is 0.692. The Kier molecular flexibility index (Phi) is 4.87. The largest absolute Gasteiger partial charge is 0.391 e. The van der Waals surface area contributed by atoms with Gasteiger partial charge in [-0.05, 0) is 20.8 Å². The lowest BCUT2D eigenvalue weighted by molar-refractivity contribution is -0.126. The predicted octanol–water partition coefficient (Wildman–Crippen LogP) is 0.204. The highest BCUT2D eigenvalue weighted by atomic mass is 32.1. The van der Waals surface area contributed by atoms with Gasteiger partial charge in [-0.25, -0.2) is 0 Å². The maximum atomic E-state index is 11.2. The number of rotatable bonds is 5. The first-order chi connectivity index (χ1) is 5.90. The highest BCUT2D eigenvalue weighted by Gasteiger charge is 2.23. The van der Waals surface area contributed by atoms with E-state index in [4.69, 9.17) is 22.7 Å². The van der Waals surface area contributed by atoms with E-state index in [9.17, 15) is 4.79 Å². The Morgan fingerprint density at radius 1 is 1.62 bits per heavy atom. The van der Waals surface area contributed by atoms with Crippen molar-refractivity contribution in [2.45, 2.75) is 26.3 Å². The molecule has 0 aliphatic rings. The van der Waals surface area contributed by atoms with Crippen LogP contribution in [0, 0.1) is 0 Å². The van der Waals surface area contributed by atoms with Crippen LogP contribution in [0.1, 0.15) is 20.8 Å². The summed E-state index contributed by atoms with van der Waals surface area (Å²) < 4.78 is 4.92. The number of nitrogens with one attached hydrogen (secondary N) is 1. The summed E-state index contributed by atoms with van der Waals surface area (Å²) in [5.41, 5.74) is 4.77. The molecule has 0 aliphatic heterocycles. The molecule has 0 saturated heterocycles. The molecule has 4 nitrogen and oxygen atoms in total. The number of carbonyl (C=O) groups is 1. The maximum Gasteiger partial charge on any atom is 0.246 e. The standard InChI is InChI=1S/C8H16N2O2S/c1-4-12-5-6(11)10-8(2,3)7(9)13/h4-5H2,1-3H3,(H2,9,13)(H,10,11). The smallest absolute Gasteiger partial charge is 0.246 e. The van der Waals surface area contributed by atoms with Gasteiger partial charge in [-0.3, -0.25) is 4.79 Å². The van der Waals surface area contributed by atoms with Crippen LogP contribution in [-0.4, -0.2) is 29.6 Å². The third kappa shape index (κ3) is 4.80. The van der Waals surface area contributed by atoms with Gasteiger partial charge in [0.25, 0.3) is 0 Å². The van der Waals surface area contributed by atoms with Gasteiger partial charge >= 0.3 is 0 Å². The molecular formula is C8H16N2O2S. The summed E-state index contributed by atoms with van der Waals surface area (Å²) in [5.74, 6) is -0.209. The first kappa shape index (κ1) is 12.3. The van der Waals surface area contributed by atoms with Crippen LogP contribution in [0.25, 0.3) is 0 Å². The number of carbonyl (C=O) groups excluding carboxylic acids is 1. The van der Waals surface area contributed by atoms with Crippen LogP contribution in [0.5, 0.6) is 0 Å². The third-order valence-corrected chi connectivity index (χ3v) is 2.02. The molecule has 0 aromatic rings. The SMILES string of the molecule is CCOCC(=O)NC(C)(C)C(N)=S. The molecular weight excluding hydrogens is 188 g/mol. The third-order valence-electron chi connectivity index (χ3n) is 1.51. The molecule has 0 aromatic carbocycles. The van der Waals surface area contributed by atoms with Gasteiger partial charge in [-0.15, -0.1) is 0 Å². The Bertz CT molecular complexity index is 204. The van der Waals surface area contributed by atoms with Crippen LogP contribution in [0.3, 0.4) is 0 Å². The van der Waals surface area contributed by atoms with E-state index < -0.39 is 5.54 Å². The van der Waals surface area contributed by atoms with Gasteiger partial charge in [-0.1, -0.05) is 12.2 Å². The Balaban J connectivity index is 3.97. The molecule has 13 heavy (non-hydrogen) atoms. The Hall–Kier alpha value is -0.680. The minimum absolute atomic E-state index is 0.0442. The topological polar surface area (TPSA) is 64.3 Å². The molecule has 3 N–H and O–H groups in total. The Morgan fingerprint density at radius 3 is 2.54 bits per heavy atom. The summed E-state index contributed by atoms with van der Waals surface area (Å²) in [6, 6.07) is 0. The van der Waals surface area contributed by atoms with Crippen LogP contribution < -0.4 is 11.1 Å². The fraction of sp³-hybridized carbons (Fsp3) is 0.750. The molecule has 0 fully saturated rings. The Labute approximate surface area is 83.8 Å². The summed E-state index contributed by atoms with van der Waals surface area (Å²) >= 11 is 4.78. The lowest BCUT2D eigenvalue weighted by Gasteiger charge is -2.24. The molecule has 0 radical (unpaired) electrons. The Morgan fingerprint density at radius 2 is 2.15 bits per heavy atom. The molecule has 0 spiro atoms. The minimum atomic E-state index is -0.649. The van der Waals surface area contributed by atoms with Gasteiger partial charge in [0.2, 0.25) is 5.91 Å². The van der Waals surface area contributed by atoms with E-state index in [0.717, 1.165) is 0 Å². The van der Waals surface area contributed by atoms with E-state index in [2.05, 4.69) is 5.32 Å². The van der Waals surface area contributed by atoms with Crippen LogP contribution in [0.2, 0.25) is 0 Å². The van der Waals surface area contributed by atoms with E-state index in [0.29, 0.717) is 6.61 Å². The highest BCUT2D eigenvalue weighted by Crippen LogP contribution is 2.01. The second-order valence-corrected chi connectivity index (χ2v) is 3.61. The van der Waals surface area contributed by atoms with E-state index >= 15 is 0 Å². The lowest BCUT2D eigenvalue weighted by Crippen LogP contribution is -2.53. The zero-order chi connectivity index (χ0) is 10.5. The van der Waals surface area contributed by atoms with Gasteiger partial charge < -0.3 is 15.8 Å². The zero-order valence-electron chi connectivity index (χ0n) is 8.22. The molecule has 0 bridgehead atoms. The molecule has 76 valence electrons. The summed E-state index contributed by atoms with van der Waals surface area (Å²) in [5, 5.41) is 2.66. The molecule has 0 unspecified atom stereocenters. The maximum absolute atomic E-state index is 11.2. The van der Waals surface area contributed by atoms with Crippen molar-refractivity contribution in [2.75, 3.05) is 13.2 Å². The number of ether oxygens (including phenoxy) is 1. The molecule has 0 atom stereocenters. The summed E-state index contributed by atoms with van der Waals surface area (Å²) in [6.45, 7) is 5.88. The summed E-state index contributed by atoms with van der Waals surface area (Å²) in [6.07, 6.45) is 0. The molecule has 0 aromatic heterocycles. The molecule has 1 amide bonds. The van der Waals surface area contributed by atoms with Crippen molar-refractivity contribution < 1.29 is 9.53 Å². The monoisotopic (exact) mass is 204 g/mol. The van der Waals surface area contributed by atoms with Crippen molar-refractivity contribution in [3.63, 3.8) is 0 Å². The van der Waals surface area contributed by atoms with Crippen molar-refractivity contribution in [1.82, 2.24) is 5.32 Å². The first-order valence-electron chi connectivity index (χ1n) is 4.08. The second-order valence-electron chi connectivity index (χ2n) is 3.17. The lowest BCUT2D eigenvalue weighted by atomic mass is 10.1. The average Bonchev–Trinajstić information content (AvgIpc) is 1.99. The molecule has 0 heterocycles. The van der Waals surface area contributed by atoms with Crippen molar-refractivity contribution in [3.05, 3.63) is 0 Å². The van der Waals surface area contributed by atoms with Crippen molar-refractivity contribution in [1.29, 1.82) is 0 Å². The van der Waals surface area contributed by atoms with Gasteiger partial charge in [0.1, 0.15) is 6.61 Å². The van der Waals surface area contributed by atoms with E-state index in [-0.39, 0.29) is 17.5 Å². The van der Waals surface area contributed by atoms with Gasteiger partial charge in [-0.2, -0.15) is 0 Å². The fourth-order valence-electron chi connectivity index (χ4n) is 0.641. The predicted molar refractivity (Wildman–Crippen MR) is 55.5 cm³/mol. The number of hydrogen-bond acceptors (Lipinski definition) is 3. The van der Waals surface area contributed by atoms with Gasteiger partial charge in [0.15, 0.2) is 0 Å². The second kappa shape index (κ2) is 5.14. The minimum Gasteiger partial charge on any atom is -0.391 e. The highest BCUT2D eigenvalue weighted by molar-refractivity contribution is 7.80. The van der Waals surface area contributed by atoms with Crippen molar-refractivity contribution in [3.8, 4) is 0 Å². The van der Waals surface area contributed by atoms with Crippen molar-refractivity contribution >= 4 is 23.1 Å². The summed E-state index contributed by atoms with van der Waals surface area (Å²) in [4.78, 5) is 11.4. The molecule has 5 heteroatoms. The molecule has 0 rings (SSSR count). The number of hydrogen-bond donors (Lipinski definition) is 2. The zero-order valence-corrected chi connectivity index (χ0v) is 9.03. The van der Waals surface area contributed by atoms with Crippen molar-refractivity contribution in [2.24, 2.45) is 5.73 Å². The van der Waals surface area contributed by atoms with Gasteiger partial charge in [0.05, 0.1) is 10.5 Å². The van der Waals surface area contributed by atoms with Crippen LogP contribution in [0.4, 0.5) is 0 Å². The number of amides is 1. The normalized spacial score (nSPS) is 11.0. The number of nitrogens with two attached hydrogens (primary N) is 1. The molecule has 0 saturated carbocycles. The van der Waals surface area contributed by atoms with E-state index in [1.807, 2.05) is 6.92 Å². The molecule has 0 aliphatic carbocycles. The van der Waals surface area contributed by atoms with Crippen LogP contribution >= 0.6 is 12.2 Å². The quantitative estimate of drug-likeness (QED) is 0.628. The van der Waals surface area contributed by atoms with Crippen LogP contribution in [-0.2, 0) is 9.53 Å². The van der Waals surface area contributed by atoms with Gasteiger partial charge in [0, 0.05) is 6.61 Å².